The number of rotatable bonds is 7. The number of nitrogens with zero attached hydrogens (tertiary/aromatic N) is 1. The number of anilines is 1. The molecule has 1 amide bonds. The molecule has 116 valence electrons. The minimum atomic E-state index is 0.0516. The van der Waals surface area contributed by atoms with Gasteiger partial charge in [-0.2, -0.15) is 0 Å². The summed E-state index contributed by atoms with van der Waals surface area (Å²) >= 11 is 0. The Morgan fingerprint density at radius 3 is 2.23 bits per heavy atom. The molecule has 0 saturated carbocycles. The van der Waals surface area contributed by atoms with Crippen molar-refractivity contribution >= 4 is 11.6 Å². The van der Waals surface area contributed by atoms with Gasteiger partial charge >= 0.3 is 0 Å². The first-order valence-corrected chi connectivity index (χ1v) is 7.81. The van der Waals surface area contributed by atoms with Crippen LogP contribution in [-0.2, 0) is 11.2 Å². The van der Waals surface area contributed by atoms with Crippen molar-refractivity contribution in [2.75, 3.05) is 11.4 Å². The fourth-order valence-corrected chi connectivity index (χ4v) is 2.38. The lowest BCUT2D eigenvalue weighted by atomic mass is 10.1. The summed E-state index contributed by atoms with van der Waals surface area (Å²) in [6, 6.07) is 20.1. The Kier molecular flexibility index (Phi) is 6.16. The number of hydrogen-bond acceptors (Lipinski definition) is 2. The van der Waals surface area contributed by atoms with Crippen molar-refractivity contribution in [2.24, 2.45) is 5.73 Å². The van der Waals surface area contributed by atoms with Crippen LogP contribution >= 0.6 is 0 Å². The maximum atomic E-state index is 12.5. The highest BCUT2D eigenvalue weighted by molar-refractivity contribution is 5.93. The molecule has 1 unspecified atom stereocenters. The van der Waals surface area contributed by atoms with Crippen LogP contribution in [0, 0.1) is 0 Å². The molecule has 0 aliphatic rings. The van der Waals surface area contributed by atoms with Gasteiger partial charge < -0.3 is 10.6 Å². The minimum absolute atomic E-state index is 0.0516. The molecule has 0 heterocycles. The maximum absolute atomic E-state index is 12.5. The highest BCUT2D eigenvalue weighted by Gasteiger charge is 2.15. The Morgan fingerprint density at radius 2 is 1.64 bits per heavy atom. The van der Waals surface area contributed by atoms with Crippen LogP contribution in [0.2, 0.25) is 0 Å². The summed E-state index contributed by atoms with van der Waals surface area (Å²) in [4.78, 5) is 14.4. The molecule has 3 heteroatoms. The Bertz CT molecular complexity index is 567. The maximum Gasteiger partial charge on any atom is 0.227 e. The van der Waals surface area contributed by atoms with Crippen molar-refractivity contribution < 1.29 is 4.79 Å². The molecule has 0 bridgehead atoms. The van der Waals surface area contributed by atoms with Crippen LogP contribution in [0.1, 0.15) is 25.3 Å². The largest absolute Gasteiger partial charge is 0.328 e. The van der Waals surface area contributed by atoms with Gasteiger partial charge in [0.1, 0.15) is 0 Å². The van der Waals surface area contributed by atoms with Crippen molar-refractivity contribution in [2.45, 2.75) is 32.2 Å². The summed E-state index contributed by atoms with van der Waals surface area (Å²) in [5.41, 5.74) is 7.97. The third-order valence-corrected chi connectivity index (χ3v) is 3.65. The second-order valence-corrected chi connectivity index (χ2v) is 5.63. The highest BCUT2D eigenvalue weighted by atomic mass is 16.2. The Hall–Kier alpha value is -2.13. The average Bonchev–Trinajstić information content (AvgIpc) is 2.55. The Balaban J connectivity index is 2.06. The molecule has 0 aliphatic carbocycles. The summed E-state index contributed by atoms with van der Waals surface area (Å²) < 4.78 is 0. The molecule has 2 N–H and O–H groups in total. The molecule has 0 saturated heterocycles. The van der Waals surface area contributed by atoms with E-state index in [0.29, 0.717) is 19.4 Å². The molecule has 2 aromatic carbocycles. The van der Waals surface area contributed by atoms with Gasteiger partial charge in [0.2, 0.25) is 5.91 Å². The highest BCUT2D eigenvalue weighted by Crippen LogP contribution is 2.16. The smallest absolute Gasteiger partial charge is 0.227 e. The third kappa shape index (κ3) is 5.01. The molecule has 22 heavy (non-hydrogen) atoms. The van der Waals surface area contributed by atoms with Crippen molar-refractivity contribution in [3.8, 4) is 0 Å². The van der Waals surface area contributed by atoms with Gasteiger partial charge in [-0.05, 0) is 37.5 Å². The average molecular weight is 296 g/mol. The lowest BCUT2D eigenvalue weighted by Crippen LogP contribution is -2.33. The zero-order valence-electron chi connectivity index (χ0n) is 13.1. The fourth-order valence-electron chi connectivity index (χ4n) is 2.38. The van der Waals surface area contributed by atoms with E-state index in [0.717, 1.165) is 12.1 Å². The normalized spacial score (nSPS) is 11.9. The van der Waals surface area contributed by atoms with Crippen LogP contribution in [0.5, 0.6) is 0 Å². The number of amides is 1. The summed E-state index contributed by atoms with van der Waals surface area (Å²) in [5, 5.41) is 0. The van der Waals surface area contributed by atoms with Gasteiger partial charge in [-0.3, -0.25) is 4.79 Å². The van der Waals surface area contributed by atoms with E-state index in [4.69, 9.17) is 5.73 Å². The number of hydrogen-bond donors (Lipinski definition) is 1. The van der Waals surface area contributed by atoms with Crippen LogP contribution in [0.25, 0.3) is 0 Å². The lowest BCUT2D eigenvalue weighted by molar-refractivity contribution is -0.118. The van der Waals surface area contributed by atoms with Crippen molar-refractivity contribution in [1.29, 1.82) is 0 Å². The van der Waals surface area contributed by atoms with E-state index >= 15 is 0 Å². The number of carbonyl (C=O) groups is 1. The number of benzene rings is 2. The van der Waals surface area contributed by atoms with Gasteiger partial charge in [-0.25, -0.2) is 0 Å². The molecule has 2 aromatic rings. The first-order valence-electron chi connectivity index (χ1n) is 7.81. The molecule has 3 nitrogen and oxygen atoms in total. The van der Waals surface area contributed by atoms with Crippen molar-refractivity contribution in [1.82, 2.24) is 0 Å². The second kappa shape index (κ2) is 8.35. The van der Waals surface area contributed by atoms with Gasteiger partial charge in [-0.1, -0.05) is 48.5 Å². The zero-order chi connectivity index (χ0) is 15.8. The molecule has 0 aliphatic heterocycles. The van der Waals surface area contributed by atoms with Gasteiger partial charge in [0.25, 0.3) is 0 Å². The second-order valence-electron chi connectivity index (χ2n) is 5.63. The molecule has 0 aromatic heterocycles. The van der Waals surface area contributed by atoms with E-state index < -0.39 is 0 Å². The van der Waals surface area contributed by atoms with E-state index in [1.807, 2.05) is 60.4 Å². The number of carbonyl (C=O) groups excluding carboxylic acids is 1. The van der Waals surface area contributed by atoms with E-state index in [-0.39, 0.29) is 11.9 Å². The van der Waals surface area contributed by atoms with E-state index in [9.17, 15) is 4.79 Å². The minimum Gasteiger partial charge on any atom is -0.328 e. The van der Waals surface area contributed by atoms with E-state index in [2.05, 4.69) is 12.1 Å². The molecule has 0 fully saturated rings. The van der Waals surface area contributed by atoms with Gasteiger partial charge in [-0.15, -0.1) is 0 Å². The predicted molar refractivity (Wildman–Crippen MR) is 91.8 cm³/mol. The summed E-state index contributed by atoms with van der Waals surface area (Å²) in [7, 11) is 0. The number of para-hydroxylation sites is 1. The van der Waals surface area contributed by atoms with E-state index in [1.165, 1.54) is 5.56 Å². The van der Waals surface area contributed by atoms with Crippen LogP contribution in [0.15, 0.2) is 60.7 Å². The van der Waals surface area contributed by atoms with Crippen LogP contribution in [0.3, 0.4) is 0 Å². The van der Waals surface area contributed by atoms with Gasteiger partial charge in [0, 0.05) is 24.7 Å². The Morgan fingerprint density at radius 1 is 1.05 bits per heavy atom. The lowest BCUT2D eigenvalue weighted by Gasteiger charge is -2.23. The van der Waals surface area contributed by atoms with Crippen LogP contribution in [0.4, 0.5) is 5.69 Å². The van der Waals surface area contributed by atoms with Crippen molar-refractivity contribution in [3.05, 3.63) is 66.2 Å². The first-order chi connectivity index (χ1) is 10.7. The first kappa shape index (κ1) is 16.2. The van der Waals surface area contributed by atoms with Gasteiger partial charge in [0.05, 0.1) is 0 Å². The summed E-state index contributed by atoms with van der Waals surface area (Å²) in [5.74, 6) is 0.138. The molecule has 2 rings (SSSR count). The third-order valence-electron chi connectivity index (χ3n) is 3.65. The standard InChI is InChI=1S/C19H24N2O/c1-16(20)12-13-19(22)21(18-10-6-3-7-11-18)15-14-17-8-4-2-5-9-17/h2-11,16H,12-15,20H2,1H3. The monoisotopic (exact) mass is 296 g/mol. The molecule has 0 radical (unpaired) electrons. The number of nitrogens with two attached hydrogens (primary N) is 1. The van der Waals surface area contributed by atoms with Crippen LogP contribution in [-0.4, -0.2) is 18.5 Å². The summed E-state index contributed by atoms with van der Waals surface area (Å²) in [6.45, 7) is 2.62. The molecular weight excluding hydrogens is 272 g/mol. The molecule has 0 spiro atoms. The quantitative estimate of drug-likeness (QED) is 0.851. The zero-order valence-corrected chi connectivity index (χ0v) is 13.1. The molecule has 1 atom stereocenters. The summed E-state index contributed by atoms with van der Waals surface area (Å²) in [6.07, 6.45) is 2.05. The van der Waals surface area contributed by atoms with Crippen molar-refractivity contribution in [3.63, 3.8) is 0 Å². The topological polar surface area (TPSA) is 46.3 Å². The molecular formula is C19H24N2O. The van der Waals surface area contributed by atoms with E-state index in [1.54, 1.807) is 0 Å². The Labute approximate surface area is 132 Å². The SMILES string of the molecule is CC(N)CCC(=O)N(CCc1ccccc1)c1ccccc1. The van der Waals surface area contributed by atoms with Gasteiger partial charge in [0.15, 0.2) is 0 Å². The fraction of sp³-hybridized carbons (Fsp3) is 0.316. The predicted octanol–water partition coefficient (Wildman–Crippen LogP) is 3.39. The van der Waals surface area contributed by atoms with Crippen LogP contribution < -0.4 is 10.6 Å².